The molecule has 2 aromatic heterocycles. The Bertz CT molecular complexity index is 1060. The van der Waals surface area contributed by atoms with Crippen molar-refractivity contribution in [1.29, 1.82) is 0 Å². The molecule has 1 aliphatic heterocycles. The van der Waals surface area contributed by atoms with Gasteiger partial charge >= 0.3 is 5.97 Å². The number of halogens is 1. The molecular weight excluding hydrogens is 399 g/mol. The van der Waals surface area contributed by atoms with Crippen molar-refractivity contribution in [2.24, 2.45) is 5.92 Å². The summed E-state index contributed by atoms with van der Waals surface area (Å²) in [4.78, 5) is 31.0. The largest absolute Gasteiger partial charge is 0.466 e. The number of ether oxygens (including phenoxy) is 1. The molecule has 160 valence electrons. The third kappa shape index (κ3) is 4.47. The lowest BCUT2D eigenvalue weighted by atomic mass is 9.97. The number of hydrogen-bond donors (Lipinski definition) is 0. The quantitative estimate of drug-likeness (QED) is 0.589. The first-order valence-corrected chi connectivity index (χ1v) is 10.3. The van der Waals surface area contributed by atoms with Gasteiger partial charge in [-0.15, -0.1) is 0 Å². The molecule has 3 aromatic rings. The molecule has 8 heteroatoms. The number of rotatable bonds is 5. The van der Waals surface area contributed by atoms with E-state index < -0.39 is 0 Å². The van der Waals surface area contributed by atoms with Gasteiger partial charge in [-0.25, -0.2) is 9.07 Å². The minimum atomic E-state index is -0.348. The highest BCUT2D eigenvalue weighted by atomic mass is 19.1. The highest BCUT2D eigenvalue weighted by molar-refractivity contribution is 5.94. The van der Waals surface area contributed by atoms with Crippen LogP contribution in [-0.4, -0.2) is 51.2 Å². The van der Waals surface area contributed by atoms with E-state index in [2.05, 4.69) is 10.1 Å². The van der Waals surface area contributed by atoms with Crippen molar-refractivity contribution < 1.29 is 18.7 Å². The van der Waals surface area contributed by atoms with Gasteiger partial charge in [-0.3, -0.25) is 14.6 Å². The fraction of sp³-hybridized carbons (Fsp3) is 0.304. The number of pyridine rings is 1. The fourth-order valence-electron chi connectivity index (χ4n) is 3.73. The monoisotopic (exact) mass is 422 g/mol. The zero-order valence-electron chi connectivity index (χ0n) is 17.2. The van der Waals surface area contributed by atoms with Crippen molar-refractivity contribution in [3.63, 3.8) is 0 Å². The number of amides is 1. The number of hydrogen-bond acceptors (Lipinski definition) is 5. The van der Waals surface area contributed by atoms with Crippen molar-refractivity contribution in [2.75, 3.05) is 19.7 Å². The van der Waals surface area contributed by atoms with E-state index in [0.717, 1.165) is 5.56 Å². The smallest absolute Gasteiger partial charge is 0.309 e. The molecule has 0 atom stereocenters. The van der Waals surface area contributed by atoms with Crippen molar-refractivity contribution in [1.82, 2.24) is 19.7 Å². The van der Waals surface area contributed by atoms with Crippen LogP contribution in [0.15, 0.2) is 54.9 Å². The fourth-order valence-corrected chi connectivity index (χ4v) is 3.73. The predicted octanol–water partition coefficient (Wildman–Crippen LogP) is 3.49. The molecule has 1 aromatic carbocycles. The number of esters is 1. The molecule has 1 amide bonds. The van der Waals surface area contributed by atoms with E-state index in [9.17, 15) is 14.0 Å². The number of nitrogens with zero attached hydrogens (tertiary/aromatic N) is 4. The molecule has 0 spiro atoms. The van der Waals surface area contributed by atoms with E-state index in [1.807, 2.05) is 6.07 Å². The second-order valence-corrected chi connectivity index (χ2v) is 7.36. The Morgan fingerprint density at radius 2 is 1.90 bits per heavy atom. The lowest BCUT2D eigenvalue weighted by molar-refractivity contribution is -0.149. The second-order valence-electron chi connectivity index (χ2n) is 7.36. The zero-order valence-corrected chi connectivity index (χ0v) is 17.2. The standard InChI is InChI=1S/C23H23FN4O3/c1-2-31-23(30)16-9-12-27(13-10-16)22(29)20-14-21(17-4-3-11-25-15-17)28(26-20)19-7-5-18(24)6-8-19/h3-8,11,14-16H,2,9-10,12-13H2,1H3. The number of likely N-dealkylation sites (tertiary alicyclic amines) is 1. The van der Waals surface area contributed by atoms with Crippen LogP contribution in [0.5, 0.6) is 0 Å². The average molecular weight is 422 g/mol. The molecule has 1 aliphatic rings. The summed E-state index contributed by atoms with van der Waals surface area (Å²) in [6.07, 6.45) is 4.50. The Kier molecular flexibility index (Phi) is 6.06. The van der Waals surface area contributed by atoms with Crippen molar-refractivity contribution in [3.8, 4) is 16.9 Å². The summed E-state index contributed by atoms with van der Waals surface area (Å²) in [7, 11) is 0. The molecule has 3 heterocycles. The molecule has 1 fully saturated rings. The maximum absolute atomic E-state index is 13.4. The summed E-state index contributed by atoms with van der Waals surface area (Å²) < 4.78 is 20.1. The van der Waals surface area contributed by atoms with Crippen LogP contribution in [0.3, 0.4) is 0 Å². The van der Waals surface area contributed by atoms with Gasteiger partial charge in [0.15, 0.2) is 5.69 Å². The first-order valence-electron chi connectivity index (χ1n) is 10.3. The maximum atomic E-state index is 13.4. The van der Waals surface area contributed by atoms with Gasteiger partial charge in [0.25, 0.3) is 5.91 Å². The summed E-state index contributed by atoms with van der Waals surface area (Å²) in [5.74, 6) is -0.923. The number of carbonyl (C=O) groups excluding carboxylic acids is 2. The Morgan fingerprint density at radius 3 is 2.55 bits per heavy atom. The molecule has 0 saturated carbocycles. The van der Waals surface area contributed by atoms with Gasteiger partial charge in [0.2, 0.25) is 0 Å². The highest BCUT2D eigenvalue weighted by Crippen LogP contribution is 2.26. The molecular formula is C23H23FN4O3. The summed E-state index contributed by atoms with van der Waals surface area (Å²) >= 11 is 0. The summed E-state index contributed by atoms with van der Waals surface area (Å²) in [6.45, 7) is 3.08. The van der Waals surface area contributed by atoms with Gasteiger partial charge in [-0.1, -0.05) is 0 Å². The van der Waals surface area contributed by atoms with Crippen molar-refractivity contribution in [2.45, 2.75) is 19.8 Å². The van der Waals surface area contributed by atoms with Gasteiger partial charge in [0.05, 0.1) is 23.9 Å². The van der Waals surface area contributed by atoms with Gasteiger partial charge in [-0.05, 0) is 62.2 Å². The molecule has 0 bridgehead atoms. The molecule has 0 N–H and O–H groups in total. The Balaban J connectivity index is 1.60. The normalized spacial score (nSPS) is 14.5. The minimum absolute atomic E-state index is 0.174. The maximum Gasteiger partial charge on any atom is 0.309 e. The van der Waals surface area contributed by atoms with Crippen LogP contribution in [-0.2, 0) is 9.53 Å². The first-order chi connectivity index (χ1) is 15.1. The number of aromatic nitrogens is 3. The summed E-state index contributed by atoms with van der Waals surface area (Å²) in [6, 6.07) is 11.3. The van der Waals surface area contributed by atoms with Crippen LogP contribution in [0, 0.1) is 11.7 Å². The second kappa shape index (κ2) is 9.07. The molecule has 7 nitrogen and oxygen atoms in total. The molecule has 1 saturated heterocycles. The van der Waals surface area contributed by atoms with E-state index in [1.54, 1.807) is 53.2 Å². The molecule has 0 unspecified atom stereocenters. The summed E-state index contributed by atoms with van der Waals surface area (Å²) in [5, 5.41) is 4.53. The van der Waals surface area contributed by atoms with Gasteiger partial charge < -0.3 is 9.64 Å². The van der Waals surface area contributed by atoms with E-state index in [-0.39, 0.29) is 29.3 Å². The van der Waals surface area contributed by atoms with Crippen LogP contribution >= 0.6 is 0 Å². The highest BCUT2D eigenvalue weighted by Gasteiger charge is 2.30. The van der Waals surface area contributed by atoms with Gasteiger partial charge in [-0.2, -0.15) is 5.10 Å². The molecule has 31 heavy (non-hydrogen) atoms. The number of piperidine rings is 1. The van der Waals surface area contributed by atoms with E-state index in [0.29, 0.717) is 43.9 Å². The van der Waals surface area contributed by atoms with E-state index >= 15 is 0 Å². The topological polar surface area (TPSA) is 77.3 Å². The summed E-state index contributed by atoms with van der Waals surface area (Å²) in [5.41, 5.74) is 2.40. The van der Waals surface area contributed by atoms with Gasteiger partial charge in [0.1, 0.15) is 5.82 Å². The van der Waals surface area contributed by atoms with Crippen molar-refractivity contribution >= 4 is 11.9 Å². The van der Waals surface area contributed by atoms with Crippen molar-refractivity contribution in [3.05, 3.63) is 66.4 Å². The van der Waals surface area contributed by atoms with E-state index in [4.69, 9.17) is 4.74 Å². The lowest BCUT2D eigenvalue weighted by Gasteiger charge is -2.30. The van der Waals surface area contributed by atoms with E-state index in [1.165, 1.54) is 12.1 Å². The first kappa shape index (κ1) is 20.7. The van der Waals surface area contributed by atoms with Crippen LogP contribution in [0.25, 0.3) is 16.9 Å². The molecule has 0 aliphatic carbocycles. The Labute approximate surface area is 179 Å². The predicted molar refractivity (Wildman–Crippen MR) is 112 cm³/mol. The van der Waals surface area contributed by atoms with Crippen LogP contribution in [0.2, 0.25) is 0 Å². The SMILES string of the molecule is CCOC(=O)C1CCN(C(=O)c2cc(-c3cccnc3)n(-c3ccc(F)cc3)n2)CC1. The third-order valence-electron chi connectivity index (χ3n) is 5.36. The minimum Gasteiger partial charge on any atom is -0.466 e. The Hall–Kier alpha value is -3.55. The van der Waals surface area contributed by atoms with Crippen LogP contribution in [0.1, 0.15) is 30.3 Å². The van der Waals surface area contributed by atoms with Crippen LogP contribution in [0.4, 0.5) is 4.39 Å². The number of carbonyl (C=O) groups is 2. The molecule has 4 rings (SSSR count). The number of benzene rings is 1. The lowest BCUT2D eigenvalue weighted by Crippen LogP contribution is -2.40. The average Bonchev–Trinajstić information content (AvgIpc) is 3.25. The third-order valence-corrected chi connectivity index (χ3v) is 5.36. The Morgan fingerprint density at radius 1 is 1.16 bits per heavy atom. The zero-order chi connectivity index (χ0) is 21.8. The molecule has 0 radical (unpaired) electrons. The van der Waals surface area contributed by atoms with Crippen LogP contribution < -0.4 is 0 Å². The van der Waals surface area contributed by atoms with Gasteiger partial charge in [0, 0.05) is 31.0 Å².